The number of aromatic nitrogens is 1. The van der Waals surface area contributed by atoms with Crippen LogP contribution in [0.1, 0.15) is 37.8 Å². The average molecular weight is 188 g/mol. The standard InChI is InChI=1S/C9H14ClNO/c1-3-7(2)8-6-11-9(12-8)4-5-10/h6-7H,3-5H2,1-2H3. The second-order valence-electron chi connectivity index (χ2n) is 2.90. The number of hydrogen-bond donors (Lipinski definition) is 0. The first-order valence-electron chi connectivity index (χ1n) is 4.28. The molecule has 12 heavy (non-hydrogen) atoms. The Hall–Kier alpha value is -0.500. The molecule has 1 aromatic rings. The Morgan fingerprint density at radius 2 is 2.42 bits per heavy atom. The molecule has 1 heterocycles. The largest absolute Gasteiger partial charge is 0.445 e. The SMILES string of the molecule is CCC(C)c1cnc(CCCl)o1. The van der Waals surface area contributed by atoms with Gasteiger partial charge in [-0.1, -0.05) is 13.8 Å². The molecule has 0 aliphatic carbocycles. The van der Waals surface area contributed by atoms with E-state index < -0.39 is 0 Å². The summed E-state index contributed by atoms with van der Waals surface area (Å²) in [7, 11) is 0. The molecule has 0 saturated carbocycles. The predicted molar refractivity (Wildman–Crippen MR) is 49.6 cm³/mol. The monoisotopic (exact) mass is 187 g/mol. The van der Waals surface area contributed by atoms with Crippen LogP contribution in [0, 0.1) is 0 Å². The molecule has 2 nitrogen and oxygen atoms in total. The molecule has 68 valence electrons. The number of hydrogen-bond acceptors (Lipinski definition) is 2. The summed E-state index contributed by atoms with van der Waals surface area (Å²) in [5, 5.41) is 0. The van der Waals surface area contributed by atoms with E-state index in [2.05, 4.69) is 18.8 Å². The van der Waals surface area contributed by atoms with Crippen molar-refractivity contribution in [1.82, 2.24) is 4.98 Å². The molecule has 1 aromatic heterocycles. The van der Waals surface area contributed by atoms with Crippen LogP contribution in [0.25, 0.3) is 0 Å². The van der Waals surface area contributed by atoms with E-state index >= 15 is 0 Å². The van der Waals surface area contributed by atoms with Gasteiger partial charge in [0, 0.05) is 18.2 Å². The molecule has 0 saturated heterocycles. The lowest BCUT2D eigenvalue weighted by Crippen LogP contribution is -1.87. The smallest absolute Gasteiger partial charge is 0.195 e. The predicted octanol–water partition coefficient (Wildman–Crippen LogP) is 2.97. The lowest BCUT2D eigenvalue weighted by atomic mass is 10.1. The van der Waals surface area contributed by atoms with Gasteiger partial charge >= 0.3 is 0 Å². The third-order valence-electron chi connectivity index (χ3n) is 1.98. The minimum Gasteiger partial charge on any atom is -0.445 e. The van der Waals surface area contributed by atoms with Gasteiger partial charge in [0.05, 0.1) is 6.20 Å². The zero-order valence-corrected chi connectivity index (χ0v) is 8.27. The van der Waals surface area contributed by atoms with Crippen LogP contribution in [-0.4, -0.2) is 10.9 Å². The third-order valence-corrected chi connectivity index (χ3v) is 2.17. The second-order valence-corrected chi connectivity index (χ2v) is 3.28. The Bertz CT molecular complexity index is 234. The number of nitrogens with zero attached hydrogens (tertiary/aromatic N) is 1. The Balaban J connectivity index is 2.63. The van der Waals surface area contributed by atoms with E-state index in [1.165, 1.54) is 0 Å². The maximum absolute atomic E-state index is 5.56. The molecule has 3 heteroatoms. The summed E-state index contributed by atoms with van der Waals surface area (Å²) in [5.74, 6) is 2.75. The van der Waals surface area contributed by atoms with Crippen molar-refractivity contribution >= 4 is 11.6 Å². The number of halogens is 1. The molecule has 0 aromatic carbocycles. The van der Waals surface area contributed by atoms with Crippen LogP contribution in [0.3, 0.4) is 0 Å². The van der Waals surface area contributed by atoms with Gasteiger partial charge in [0.1, 0.15) is 5.76 Å². The van der Waals surface area contributed by atoms with Crippen molar-refractivity contribution in [1.29, 1.82) is 0 Å². The normalized spacial score (nSPS) is 13.2. The summed E-state index contributed by atoms with van der Waals surface area (Å²) in [6.45, 7) is 4.26. The molecule has 1 rings (SSSR count). The maximum Gasteiger partial charge on any atom is 0.195 e. The van der Waals surface area contributed by atoms with Crippen molar-refractivity contribution in [3.63, 3.8) is 0 Å². The Kier molecular flexibility index (Phi) is 3.60. The van der Waals surface area contributed by atoms with E-state index in [-0.39, 0.29) is 0 Å². The van der Waals surface area contributed by atoms with Gasteiger partial charge in [-0.25, -0.2) is 4.98 Å². The van der Waals surface area contributed by atoms with E-state index in [0.29, 0.717) is 11.8 Å². The van der Waals surface area contributed by atoms with Gasteiger partial charge < -0.3 is 4.42 Å². The Morgan fingerprint density at radius 3 is 3.00 bits per heavy atom. The second kappa shape index (κ2) is 4.51. The van der Waals surface area contributed by atoms with E-state index in [4.69, 9.17) is 16.0 Å². The minimum absolute atomic E-state index is 0.460. The summed E-state index contributed by atoms with van der Waals surface area (Å²) in [4.78, 5) is 4.12. The van der Waals surface area contributed by atoms with Crippen molar-refractivity contribution in [2.24, 2.45) is 0 Å². The highest BCUT2D eigenvalue weighted by Gasteiger charge is 2.08. The fourth-order valence-electron chi connectivity index (χ4n) is 0.950. The fourth-order valence-corrected chi connectivity index (χ4v) is 1.11. The molecule has 0 aliphatic rings. The average Bonchev–Trinajstić information content (AvgIpc) is 2.52. The molecule has 0 aliphatic heterocycles. The quantitative estimate of drug-likeness (QED) is 0.678. The van der Waals surface area contributed by atoms with Crippen LogP contribution in [0.15, 0.2) is 10.6 Å². The third kappa shape index (κ3) is 2.24. The zero-order chi connectivity index (χ0) is 8.97. The van der Waals surface area contributed by atoms with Crippen molar-refractivity contribution in [3.05, 3.63) is 17.8 Å². The van der Waals surface area contributed by atoms with Gasteiger partial charge in [-0.15, -0.1) is 11.6 Å². The highest BCUT2D eigenvalue weighted by atomic mass is 35.5. The summed E-state index contributed by atoms with van der Waals surface area (Å²) in [6.07, 6.45) is 3.60. The first-order valence-corrected chi connectivity index (χ1v) is 4.82. The van der Waals surface area contributed by atoms with E-state index in [0.717, 1.165) is 24.5 Å². The van der Waals surface area contributed by atoms with Gasteiger partial charge in [0.25, 0.3) is 0 Å². The summed E-state index contributed by atoms with van der Waals surface area (Å²) >= 11 is 5.56. The first kappa shape index (κ1) is 9.59. The van der Waals surface area contributed by atoms with Crippen LogP contribution in [0.5, 0.6) is 0 Å². The van der Waals surface area contributed by atoms with Crippen LogP contribution in [0.2, 0.25) is 0 Å². The van der Waals surface area contributed by atoms with Crippen LogP contribution in [0.4, 0.5) is 0 Å². The number of aryl methyl sites for hydroxylation is 1. The van der Waals surface area contributed by atoms with Gasteiger partial charge in [0.15, 0.2) is 5.89 Å². The first-order chi connectivity index (χ1) is 5.77. The van der Waals surface area contributed by atoms with Crippen molar-refractivity contribution < 1.29 is 4.42 Å². The van der Waals surface area contributed by atoms with Crippen molar-refractivity contribution in [2.45, 2.75) is 32.6 Å². The molecular formula is C9H14ClNO. The minimum atomic E-state index is 0.460. The van der Waals surface area contributed by atoms with Crippen LogP contribution >= 0.6 is 11.6 Å². The fraction of sp³-hybridized carbons (Fsp3) is 0.667. The van der Waals surface area contributed by atoms with Crippen LogP contribution < -0.4 is 0 Å². The molecule has 0 amide bonds. The molecule has 0 N–H and O–H groups in total. The summed E-state index contributed by atoms with van der Waals surface area (Å²) in [5.41, 5.74) is 0. The lowest BCUT2D eigenvalue weighted by molar-refractivity contribution is 0.431. The zero-order valence-electron chi connectivity index (χ0n) is 7.51. The molecule has 0 radical (unpaired) electrons. The molecule has 1 atom stereocenters. The van der Waals surface area contributed by atoms with Crippen molar-refractivity contribution in [2.75, 3.05) is 5.88 Å². The summed E-state index contributed by atoms with van der Waals surface area (Å²) < 4.78 is 5.48. The molecule has 0 fully saturated rings. The van der Waals surface area contributed by atoms with E-state index in [1.54, 1.807) is 6.20 Å². The molecule has 0 bridgehead atoms. The van der Waals surface area contributed by atoms with Crippen molar-refractivity contribution in [3.8, 4) is 0 Å². The Labute approximate surface area is 77.9 Å². The van der Waals surface area contributed by atoms with Crippen LogP contribution in [-0.2, 0) is 6.42 Å². The highest BCUT2D eigenvalue weighted by Crippen LogP contribution is 2.19. The molecule has 1 unspecified atom stereocenters. The number of oxazole rings is 1. The van der Waals surface area contributed by atoms with Gasteiger partial charge in [-0.3, -0.25) is 0 Å². The van der Waals surface area contributed by atoms with E-state index in [1.807, 2.05) is 0 Å². The van der Waals surface area contributed by atoms with E-state index in [9.17, 15) is 0 Å². The molecule has 0 spiro atoms. The number of rotatable bonds is 4. The van der Waals surface area contributed by atoms with Gasteiger partial charge in [0.2, 0.25) is 0 Å². The number of alkyl halides is 1. The highest BCUT2D eigenvalue weighted by molar-refractivity contribution is 6.17. The lowest BCUT2D eigenvalue weighted by Gasteiger charge is -2.01. The van der Waals surface area contributed by atoms with Gasteiger partial charge in [-0.05, 0) is 6.42 Å². The topological polar surface area (TPSA) is 26.0 Å². The molecular weight excluding hydrogens is 174 g/mol. The Morgan fingerprint density at radius 1 is 1.67 bits per heavy atom. The van der Waals surface area contributed by atoms with Gasteiger partial charge in [-0.2, -0.15) is 0 Å². The maximum atomic E-state index is 5.56. The summed E-state index contributed by atoms with van der Waals surface area (Å²) in [6, 6.07) is 0.